The molecule has 0 saturated heterocycles. The minimum absolute atomic E-state index is 0.200. The number of alkyl halides is 1. The summed E-state index contributed by atoms with van der Waals surface area (Å²) in [4.78, 5) is 4.61. The second-order valence-electron chi connectivity index (χ2n) is 4.82. The van der Waals surface area contributed by atoms with Crippen molar-refractivity contribution in [3.05, 3.63) is 24.0 Å². The average molecular weight is 251 g/mol. The lowest BCUT2D eigenvalue weighted by molar-refractivity contribution is 0.419. The highest BCUT2D eigenvalue weighted by atomic mass is 35.5. The van der Waals surface area contributed by atoms with Crippen molar-refractivity contribution in [3.63, 3.8) is 0 Å². The standard InChI is InChI=1S/C13H15ClN2O/c1-13(6-7-13)16-9-4-3-5-10(17-2)12(9)15-11(16)8-14/h3-5H,6-8H2,1-2H3. The quantitative estimate of drug-likeness (QED) is 0.782. The van der Waals surface area contributed by atoms with Crippen molar-refractivity contribution in [1.29, 1.82) is 0 Å². The number of halogens is 1. The van der Waals surface area contributed by atoms with Gasteiger partial charge in [-0.2, -0.15) is 0 Å². The zero-order chi connectivity index (χ0) is 12.0. The maximum absolute atomic E-state index is 6.01. The van der Waals surface area contributed by atoms with Crippen LogP contribution < -0.4 is 4.74 Å². The molecule has 1 heterocycles. The van der Waals surface area contributed by atoms with Gasteiger partial charge in [0.1, 0.15) is 17.1 Å². The summed E-state index contributed by atoms with van der Waals surface area (Å²) < 4.78 is 7.63. The second-order valence-corrected chi connectivity index (χ2v) is 5.09. The Kier molecular flexibility index (Phi) is 2.33. The van der Waals surface area contributed by atoms with Gasteiger partial charge >= 0.3 is 0 Å². The van der Waals surface area contributed by atoms with E-state index in [0.29, 0.717) is 5.88 Å². The van der Waals surface area contributed by atoms with Crippen molar-refractivity contribution in [2.24, 2.45) is 0 Å². The van der Waals surface area contributed by atoms with Crippen LogP contribution in [0.5, 0.6) is 5.75 Å². The Bertz CT molecular complexity index is 572. The Hall–Kier alpha value is -1.22. The molecular weight excluding hydrogens is 236 g/mol. The van der Waals surface area contributed by atoms with Gasteiger partial charge in [-0.25, -0.2) is 4.98 Å². The highest BCUT2D eigenvalue weighted by molar-refractivity contribution is 6.17. The number of para-hydroxylation sites is 1. The normalized spacial score (nSPS) is 17.4. The van der Waals surface area contributed by atoms with Gasteiger partial charge in [0.15, 0.2) is 0 Å². The van der Waals surface area contributed by atoms with E-state index in [9.17, 15) is 0 Å². The summed E-state index contributed by atoms with van der Waals surface area (Å²) >= 11 is 6.01. The molecule has 0 spiro atoms. The van der Waals surface area contributed by atoms with Gasteiger partial charge < -0.3 is 9.30 Å². The van der Waals surface area contributed by atoms with Gasteiger partial charge in [-0.3, -0.25) is 0 Å². The summed E-state index contributed by atoms with van der Waals surface area (Å²) in [5.74, 6) is 2.19. The number of methoxy groups -OCH3 is 1. The molecule has 0 bridgehead atoms. The molecule has 0 N–H and O–H groups in total. The number of fused-ring (bicyclic) bond motifs is 1. The zero-order valence-corrected chi connectivity index (χ0v) is 10.8. The first-order valence-corrected chi connectivity index (χ1v) is 6.34. The molecule has 1 aromatic carbocycles. The topological polar surface area (TPSA) is 27.1 Å². The van der Waals surface area contributed by atoms with E-state index in [1.807, 2.05) is 12.1 Å². The van der Waals surface area contributed by atoms with Crippen LogP contribution in [-0.4, -0.2) is 16.7 Å². The Morgan fingerprint density at radius 2 is 2.24 bits per heavy atom. The molecule has 1 aliphatic carbocycles. The Morgan fingerprint density at radius 3 is 2.82 bits per heavy atom. The lowest BCUT2D eigenvalue weighted by atomic mass is 10.2. The third kappa shape index (κ3) is 1.53. The monoisotopic (exact) mass is 250 g/mol. The van der Waals surface area contributed by atoms with Crippen molar-refractivity contribution in [1.82, 2.24) is 9.55 Å². The fraction of sp³-hybridized carbons (Fsp3) is 0.462. The zero-order valence-electron chi connectivity index (χ0n) is 10.0. The van der Waals surface area contributed by atoms with E-state index in [4.69, 9.17) is 16.3 Å². The van der Waals surface area contributed by atoms with E-state index in [1.54, 1.807) is 7.11 Å². The Morgan fingerprint density at radius 1 is 1.47 bits per heavy atom. The number of hydrogen-bond donors (Lipinski definition) is 0. The number of benzene rings is 1. The first kappa shape index (κ1) is 10.9. The number of aromatic nitrogens is 2. The van der Waals surface area contributed by atoms with Crippen molar-refractivity contribution in [2.75, 3.05) is 7.11 Å². The number of imidazole rings is 1. The maximum Gasteiger partial charge on any atom is 0.146 e. The highest BCUT2D eigenvalue weighted by Crippen LogP contribution is 2.46. The first-order chi connectivity index (χ1) is 8.19. The molecule has 0 unspecified atom stereocenters. The number of ether oxygens (including phenoxy) is 1. The summed E-state index contributed by atoms with van der Waals surface area (Å²) in [5, 5.41) is 0. The van der Waals surface area contributed by atoms with E-state index < -0.39 is 0 Å². The van der Waals surface area contributed by atoms with Crippen molar-refractivity contribution in [2.45, 2.75) is 31.2 Å². The lowest BCUT2D eigenvalue weighted by Gasteiger charge is -2.15. The van der Waals surface area contributed by atoms with Gasteiger partial charge in [-0.1, -0.05) is 6.07 Å². The summed E-state index contributed by atoms with van der Waals surface area (Å²) in [6.07, 6.45) is 2.39. The fourth-order valence-corrected chi connectivity index (χ4v) is 2.56. The van der Waals surface area contributed by atoms with Crippen LogP contribution in [0.2, 0.25) is 0 Å². The molecule has 4 heteroatoms. The molecule has 90 valence electrons. The Balaban J connectivity index is 2.32. The van der Waals surface area contributed by atoms with Gasteiger partial charge in [0.05, 0.1) is 18.5 Å². The summed E-state index contributed by atoms with van der Waals surface area (Å²) in [7, 11) is 1.67. The molecule has 1 fully saturated rings. The van der Waals surface area contributed by atoms with E-state index in [-0.39, 0.29) is 5.54 Å². The van der Waals surface area contributed by atoms with Gasteiger partial charge in [0.2, 0.25) is 0 Å². The fourth-order valence-electron chi connectivity index (χ4n) is 2.38. The van der Waals surface area contributed by atoms with E-state index in [1.165, 1.54) is 12.8 Å². The van der Waals surface area contributed by atoms with Crippen LogP contribution in [0.25, 0.3) is 11.0 Å². The predicted molar refractivity (Wildman–Crippen MR) is 68.7 cm³/mol. The SMILES string of the molecule is COc1cccc2c1nc(CCl)n2C1(C)CC1. The third-order valence-corrected chi connectivity index (χ3v) is 3.81. The van der Waals surface area contributed by atoms with Crippen LogP contribution in [0.1, 0.15) is 25.6 Å². The minimum Gasteiger partial charge on any atom is -0.494 e. The maximum atomic E-state index is 6.01. The molecule has 17 heavy (non-hydrogen) atoms. The van der Waals surface area contributed by atoms with Crippen LogP contribution in [-0.2, 0) is 11.4 Å². The Labute approximate surface area is 105 Å². The molecule has 1 saturated carbocycles. The van der Waals surface area contributed by atoms with E-state index >= 15 is 0 Å². The van der Waals surface area contributed by atoms with Crippen molar-refractivity contribution in [3.8, 4) is 5.75 Å². The van der Waals surface area contributed by atoms with Crippen LogP contribution in [0.4, 0.5) is 0 Å². The molecule has 0 atom stereocenters. The molecule has 2 aromatic rings. The third-order valence-electron chi connectivity index (χ3n) is 3.57. The molecule has 1 aliphatic rings. The van der Waals surface area contributed by atoms with Gasteiger partial charge in [-0.05, 0) is 31.9 Å². The molecule has 0 radical (unpaired) electrons. The van der Waals surface area contributed by atoms with Crippen LogP contribution in [0.3, 0.4) is 0 Å². The van der Waals surface area contributed by atoms with Crippen molar-refractivity contribution >= 4 is 22.6 Å². The number of hydrogen-bond acceptors (Lipinski definition) is 2. The van der Waals surface area contributed by atoms with Crippen LogP contribution in [0, 0.1) is 0 Å². The second kappa shape index (κ2) is 3.64. The van der Waals surface area contributed by atoms with Gasteiger partial charge in [0, 0.05) is 5.54 Å². The van der Waals surface area contributed by atoms with Crippen LogP contribution in [0.15, 0.2) is 18.2 Å². The molecular formula is C13H15ClN2O. The highest BCUT2D eigenvalue weighted by Gasteiger charge is 2.41. The first-order valence-electron chi connectivity index (χ1n) is 5.80. The largest absolute Gasteiger partial charge is 0.494 e. The van der Waals surface area contributed by atoms with E-state index in [0.717, 1.165) is 22.6 Å². The smallest absolute Gasteiger partial charge is 0.146 e. The van der Waals surface area contributed by atoms with E-state index in [2.05, 4.69) is 22.5 Å². The van der Waals surface area contributed by atoms with Crippen LogP contribution >= 0.6 is 11.6 Å². The molecule has 0 aliphatic heterocycles. The number of nitrogens with zero attached hydrogens (tertiary/aromatic N) is 2. The summed E-state index contributed by atoms with van der Waals surface area (Å²) in [6, 6.07) is 6.03. The van der Waals surface area contributed by atoms with Gasteiger partial charge in [0.25, 0.3) is 0 Å². The molecule has 0 amide bonds. The summed E-state index contributed by atoms with van der Waals surface area (Å²) in [6.45, 7) is 2.25. The summed E-state index contributed by atoms with van der Waals surface area (Å²) in [5.41, 5.74) is 2.24. The average Bonchev–Trinajstić information content (AvgIpc) is 2.95. The molecule has 3 nitrogen and oxygen atoms in total. The lowest BCUT2D eigenvalue weighted by Crippen LogP contribution is -2.14. The molecule has 1 aromatic heterocycles. The predicted octanol–water partition coefficient (Wildman–Crippen LogP) is 3.29. The van der Waals surface area contributed by atoms with Crippen molar-refractivity contribution < 1.29 is 4.74 Å². The minimum atomic E-state index is 0.200. The van der Waals surface area contributed by atoms with Gasteiger partial charge in [-0.15, -0.1) is 11.6 Å². The number of rotatable bonds is 3. The molecule has 3 rings (SSSR count).